The fraction of sp³-hybridized carbons (Fsp3) is 0.700. The van der Waals surface area contributed by atoms with Gasteiger partial charge in [-0.05, 0) is 37.7 Å². The Labute approximate surface area is 73.6 Å². The van der Waals surface area contributed by atoms with Gasteiger partial charge in [-0.25, -0.2) is 0 Å². The maximum atomic E-state index is 4.37. The maximum Gasteiger partial charge on any atom is 0.0593 e. The molecule has 2 nitrogen and oxygen atoms in total. The van der Waals surface area contributed by atoms with E-state index in [-0.39, 0.29) is 0 Å². The monoisotopic (exact) mass is 164 g/mol. The fourth-order valence-corrected chi connectivity index (χ4v) is 2.05. The minimum atomic E-state index is 0.888. The van der Waals surface area contributed by atoms with Crippen molar-refractivity contribution in [1.82, 2.24) is 9.78 Å². The highest BCUT2D eigenvalue weighted by molar-refractivity contribution is 4.95. The minimum absolute atomic E-state index is 0.888. The molecule has 12 heavy (non-hydrogen) atoms. The second kappa shape index (κ2) is 2.92. The molecule has 66 valence electrons. The zero-order valence-electron chi connectivity index (χ0n) is 7.83. The number of aromatic nitrogens is 2. The van der Waals surface area contributed by atoms with Crippen molar-refractivity contribution in [2.24, 2.45) is 11.8 Å². The lowest BCUT2D eigenvalue weighted by atomic mass is 9.76. The van der Waals surface area contributed by atoms with Crippen molar-refractivity contribution in [2.45, 2.75) is 33.2 Å². The molecule has 0 spiro atoms. The summed E-state index contributed by atoms with van der Waals surface area (Å²) in [5, 5.41) is 4.37. The van der Waals surface area contributed by atoms with Crippen LogP contribution >= 0.6 is 0 Å². The first kappa shape index (κ1) is 7.84. The van der Waals surface area contributed by atoms with Gasteiger partial charge in [0.1, 0.15) is 0 Å². The van der Waals surface area contributed by atoms with E-state index in [1.807, 2.05) is 6.92 Å². The Balaban J connectivity index is 1.88. The van der Waals surface area contributed by atoms with Gasteiger partial charge in [0.15, 0.2) is 0 Å². The summed E-state index contributed by atoms with van der Waals surface area (Å²) in [6, 6.07) is 2.07. The molecule has 2 rings (SSSR count). The zero-order chi connectivity index (χ0) is 8.55. The number of hydrogen-bond donors (Lipinski definition) is 0. The normalized spacial score (nSPS) is 28.5. The standard InChI is InChI=1S/C10H16N2/c1-8-5-10(6-8)7-12-4-3-9(2)11-12/h3-4,8,10H,5-7H2,1-2H3. The first-order valence-corrected chi connectivity index (χ1v) is 4.74. The van der Waals surface area contributed by atoms with Gasteiger partial charge in [0.2, 0.25) is 0 Å². The van der Waals surface area contributed by atoms with Gasteiger partial charge in [-0.1, -0.05) is 6.92 Å². The Kier molecular flexibility index (Phi) is 1.91. The van der Waals surface area contributed by atoms with E-state index in [1.54, 1.807) is 0 Å². The van der Waals surface area contributed by atoms with E-state index in [1.165, 1.54) is 12.8 Å². The third-order valence-electron chi connectivity index (χ3n) is 2.69. The number of rotatable bonds is 2. The Morgan fingerprint density at radius 2 is 2.33 bits per heavy atom. The van der Waals surface area contributed by atoms with E-state index in [4.69, 9.17) is 0 Å². The molecule has 0 unspecified atom stereocenters. The number of aryl methyl sites for hydroxylation is 1. The van der Waals surface area contributed by atoms with Crippen LogP contribution in [0.25, 0.3) is 0 Å². The molecule has 0 N–H and O–H groups in total. The summed E-state index contributed by atoms with van der Waals surface area (Å²) >= 11 is 0. The molecule has 0 aromatic carbocycles. The number of hydrogen-bond acceptors (Lipinski definition) is 1. The minimum Gasteiger partial charge on any atom is -0.272 e. The second-order valence-electron chi connectivity index (χ2n) is 4.12. The Hall–Kier alpha value is -0.790. The summed E-state index contributed by atoms with van der Waals surface area (Å²) in [4.78, 5) is 0. The zero-order valence-corrected chi connectivity index (χ0v) is 7.83. The first-order chi connectivity index (χ1) is 5.74. The van der Waals surface area contributed by atoms with Crippen LogP contribution in [0.1, 0.15) is 25.5 Å². The van der Waals surface area contributed by atoms with Crippen molar-refractivity contribution in [3.63, 3.8) is 0 Å². The van der Waals surface area contributed by atoms with Crippen LogP contribution < -0.4 is 0 Å². The molecule has 2 heteroatoms. The number of nitrogens with zero attached hydrogens (tertiary/aromatic N) is 2. The smallest absolute Gasteiger partial charge is 0.0593 e. The van der Waals surface area contributed by atoms with Crippen molar-refractivity contribution in [1.29, 1.82) is 0 Å². The molecule has 0 atom stereocenters. The molecule has 1 aliphatic rings. The van der Waals surface area contributed by atoms with Gasteiger partial charge >= 0.3 is 0 Å². The molecule has 0 bridgehead atoms. The van der Waals surface area contributed by atoms with Gasteiger partial charge in [-0.15, -0.1) is 0 Å². The van der Waals surface area contributed by atoms with Gasteiger partial charge in [-0.2, -0.15) is 5.10 Å². The molecular weight excluding hydrogens is 148 g/mol. The summed E-state index contributed by atoms with van der Waals surface area (Å²) in [7, 11) is 0. The predicted octanol–water partition coefficient (Wildman–Crippen LogP) is 2.24. The van der Waals surface area contributed by atoms with Crippen LogP contribution in [0, 0.1) is 18.8 Å². The van der Waals surface area contributed by atoms with Gasteiger partial charge in [0, 0.05) is 12.7 Å². The van der Waals surface area contributed by atoms with Crippen molar-refractivity contribution in [2.75, 3.05) is 0 Å². The third kappa shape index (κ3) is 1.52. The lowest BCUT2D eigenvalue weighted by Crippen LogP contribution is -2.25. The molecule has 1 fully saturated rings. The highest BCUT2D eigenvalue weighted by Crippen LogP contribution is 2.33. The molecular formula is C10H16N2. The quantitative estimate of drug-likeness (QED) is 0.655. The van der Waals surface area contributed by atoms with Crippen LogP contribution in [0.2, 0.25) is 0 Å². The van der Waals surface area contributed by atoms with Crippen LogP contribution in [0.3, 0.4) is 0 Å². The molecule has 1 aliphatic carbocycles. The molecule has 0 saturated heterocycles. The summed E-state index contributed by atoms with van der Waals surface area (Å²) in [6.45, 7) is 5.49. The summed E-state index contributed by atoms with van der Waals surface area (Å²) in [5.41, 5.74) is 1.13. The lowest BCUT2D eigenvalue weighted by molar-refractivity contribution is 0.182. The average molecular weight is 164 g/mol. The largest absolute Gasteiger partial charge is 0.272 e. The van der Waals surface area contributed by atoms with Gasteiger partial charge < -0.3 is 0 Å². The molecule has 0 amide bonds. The van der Waals surface area contributed by atoms with E-state index < -0.39 is 0 Å². The summed E-state index contributed by atoms with van der Waals surface area (Å²) in [6.07, 6.45) is 4.86. The molecule has 1 aromatic heterocycles. The van der Waals surface area contributed by atoms with Gasteiger partial charge in [0.25, 0.3) is 0 Å². The van der Waals surface area contributed by atoms with Crippen molar-refractivity contribution < 1.29 is 0 Å². The fourth-order valence-electron chi connectivity index (χ4n) is 2.05. The van der Waals surface area contributed by atoms with Crippen LogP contribution in [-0.2, 0) is 6.54 Å². The Morgan fingerprint density at radius 1 is 1.58 bits per heavy atom. The van der Waals surface area contributed by atoms with Gasteiger partial charge in [0.05, 0.1) is 5.69 Å². The van der Waals surface area contributed by atoms with Crippen LogP contribution in [0.5, 0.6) is 0 Å². The van der Waals surface area contributed by atoms with E-state index >= 15 is 0 Å². The van der Waals surface area contributed by atoms with E-state index in [0.717, 1.165) is 24.1 Å². The van der Waals surface area contributed by atoms with Gasteiger partial charge in [-0.3, -0.25) is 4.68 Å². The molecule has 0 aliphatic heterocycles. The predicted molar refractivity (Wildman–Crippen MR) is 48.9 cm³/mol. The van der Waals surface area contributed by atoms with Crippen LogP contribution in [-0.4, -0.2) is 9.78 Å². The average Bonchev–Trinajstić information content (AvgIpc) is 2.33. The Bertz CT molecular complexity index is 259. The summed E-state index contributed by atoms with van der Waals surface area (Å²) in [5.74, 6) is 1.84. The highest BCUT2D eigenvalue weighted by Gasteiger charge is 2.25. The Morgan fingerprint density at radius 3 is 2.83 bits per heavy atom. The molecule has 0 radical (unpaired) electrons. The van der Waals surface area contributed by atoms with Crippen LogP contribution in [0.4, 0.5) is 0 Å². The first-order valence-electron chi connectivity index (χ1n) is 4.74. The third-order valence-corrected chi connectivity index (χ3v) is 2.69. The maximum absolute atomic E-state index is 4.37. The highest BCUT2D eigenvalue weighted by atomic mass is 15.3. The SMILES string of the molecule is Cc1ccn(CC2CC(C)C2)n1. The summed E-state index contributed by atoms with van der Waals surface area (Å²) < 4.78 is 2.08. The second-order valence-corrected chi connectivity index (χ2v) is 4.12. The lowest BCUT2D eigenvalue weighted by Gasteiger charge is -2.32. The van der Waals surface area contributed by atoms with E-state index in [0.29, 0.717) is 0 Å². The molecule has 1 saturated carbocycles. The molecule has 1 aromatic rings. The topological polar surface area (TPSA) is 17.8 Å². The van der Waals surface area contributed by atoms with Crippen molar-refractivity contribution >= 4 is 0 Å². The van der Waals surface area contributed by atoms with Crippen molar-refractivity contribution in [3.8, 4) is 0 Å². The van der Waals surface area contributed by atoms with Crippen molar-refractivity contribution in [3.05, 3.63) is 18.0 Å². The van der Waals surface area contributed by atoms with E-state index in [2.05, 4.69) is 29.0 Å². The van der Waals surface area contributed by atoms with E-state index in [9.17, 15) is 0 Å². The van der Waals surface area contributed by atoms with Crippen LogP contribution in [0.15, 0.2) is 12.3 Å². The molecule has 1 heterocycles.